The van der Waals surface area contributed by atoms with Gasteiger partial charge in [-0.05, 0) is 61.6 Å². The number of pyridine rings is 1. The maximum Gasteiger partial charge on any atom is 0.335 e. The number of benzene rings is 1. The van der Waals surface area contributed by atoms with Crippen molar-refractivity contribution >= 4 is 29.3 Å². The largest absolute Gasteiger partial charge is 0.478 e. The highest BCUT2D eigenvalue weighted by molar-refractivity contribution is 7.80. The summed E-state index contributed by atoms with van der Waals surface area (Å²) in [5.41, 5.74) is 0.926. The second-order valence-electron chi connectivity index (χ2n) is 7.02. The first-order valence-electron chi connectivity index (χ1n) is 9.59. The molecule has 8 nitrogen and oxygen atoms in total. The zero-order valence-electron chi connectivity index (χ0n) is 16.5. The van der Waals surface area contributed by atoms with Crippen molar-refractivity contribution in [2.24, 2.45) is 0 Å². The van der Waals surface area contributed by atoms with Crippen molar-refractivity contribution in [1.29, 1.82) is 0 Å². The van der Waals surface area contributed by atoms with Gasteiger partial charge in [-0.3, -0.25) is 4.98 Å². The van der Waals surface area contributed by atoms with Gasteiger partial charge in [-0.2, -0.15) is 0 Å². The van der Waals surface area contributed by atoms with Gasteiger partial charge in [-0.1, -0.05) is 6.07 Å². The molecule has 0 bridgehead atoms. The van der Waals surface area contributed by atoms with Crippen LogP contribution in [0.15, 0.2) is 59.1 Å². The number of carboxylic acids is 2. The van der Waals surface area contributed by atoms with Gasteiger partial charge in [0, 0.05) is 18.3 Å². The molecule has 0 unspecified atom stereocenters. The predicted molar refractivity (Wildman–Crippen MR) is 116 cm³/mol. The first-order valence-corrected chi connectivity index (χ1v) is 9.99. The molecule has 3 heterocycles. The molecule has 0 amide bonds. The number of aromatic carboxylic acids is 2. The number of hydrogen-bond donors (Lipinski definition) is 3. The minimum absolute atomic E-state index is 0.127. The lowest BCUT2D eigenvalue weighted by molar-refractivity contribution is 0.0696. The summed E-state index contributed by atoms with van der Waals surface area (Å²) in [5.74, 6) is -1.45. The summed E-state index contributed by atoms with van der Waals surface area (Å²) in [6, 6.07) is 12.6. The third kappa shape index (κ3) is 3.87. The van der Waals surface area contributed by atoms with Crippen LogP contribution in [0.1, 0.15) is 51.2 Å². The molecule has 0 aliphatic carbocycles. The van der Waals surface area contributed by atoms with Crippen LogP contribution in [-0.4, -0.2) is 43.7 Å². The molecule has 4 rings (SSSR count). The fraction of sp³-hybridized carbons (Fsp3) is 0.182. The molecule has 0 saturated carbocycles. The Morgan fingerprint density at radius 1 is 1.13 bits per heavy atom. The van der Waals surface area contributed by atoms with Gasteiger partial charge in [0.1, 0.15) is 17.6 Å². The average Bonchev–Trinajstić information content (AvgIpc) is 3.38. The van der Waals surface area contributed by atoms with Crippen LogP contribution < -0.4 is 5.32 Å². The number of furan rings is 1. The Kier molecular flexibility index (Phi) is 5.43. The standard InChI is InChI=1S/C22H19N3O5S/c1-2-25-19(18(24-22(25)31)15-5-3-4-8-23-15)17-7-6-16(30-17)12-9-13(20(26)27)11-14(10-12)21(28)29/h3-11,18-19H,2H2,1H3,(H,24,31)(H,26,27)(H,28,29)/t18-,19-/m0/s1. The molecule has 9 heteroatoms. The maximum absolute atomic E-state index is 11.4. The topological polar surface area (TPSA) is 116 Å². The summed E-state index contributed by atoms with van der Waals surface area (Å²) in [6.45, 7) is 2.63. The summed E-state index contributed by atoms with van der Waals surface area (Å²) in [5, 5.41) is 22.6. The molecule has 2 atom stereocenters. The van der Waals surface area contributed by atoms with E-state index in [2.05, 4.69) is 10.3 Å². The third-order valence-corrected chi connectivity index (χ3v) is 5.52. The molecule has 0 spiro atoms. The number of nitrogens with zero attached hydrogens (tertiary/aromatic N) is 2. The normalized spacial score (nSPS) is 18.1. The van der Waals surface area contributed by atoms with Crippen molar-refractivity contribution in [3.63, 3.8) is 0 Å². The van der Waals surface area contributed by atoms with Crippen LogP contribution in [0.3, 0.4) is 0 Å². The summed E-state index contributed by atoms with van der Waals surface area (Å²) in [6.07, 6.45) is 1.71. The lowest BCUT2D eigenvalue weighted by Gasteiger charge is -2.24. The lowest BCUT2D eigenvalue weighted by atomic mass is 10.0. The number of nitrogens with one attached hydrogen (secondary N) is 1. The van der Waals surface area contributed by atoms with Crippen molar-refractivity contribution in [3.8, 4) is 11.3 Å². The predicted octanol–water partition coefficient (Wildman–Crippen LogP) is 3.73. The van der Waals surface area contributed by atoms with Gasteiger partial charge in [0.25, 0.3) is 0 Å². The van der Waals surface area contributed by atoms with Crippen molar-refractivity contribution in [2.75, 3.05) is 6.54 Å². The molecule has 3 N–H and O–H groups in total. The molecule has 0 radical (unpaired) electrons. The molecule has 1 saturated heterocycles. The first kappa shape index (κ1) is 20.5. The van der Waals surface area contributed by atoms with Crippen LogP contribution in [0, 0.1) is 0 Å². The van der Waals surface area contributed by atoms with E-state index >= 15 is 0 Å². The molecule has 1 aliphatic heterocycles. The van der Waals surface area contributed by atoms with E-state index in [1.54, 1.807) is 18.3 Å². The maximum atomic E-state index is 11.4. The van der Waals surface area contributed by atoms with E-state index in [1.165, 1.54) is 12.1 Å². The summed E-state index contributed by atoms with van der Waals surface area (Å²) in [7, 11) is 0. The van der Waals surface area contributed by atoms with Crippen molar-refractivity contribution in [1.82, 2.24) is 15.2 Å². The highest BCUT2D eigenvalue weighted by Gasteiger charge is 2.40. The fourth-order valence-corrected chi connectivity index (χ4v) is 4.11. The third-order valence-electron chi connectivity index (χ3n) is 5.17. The Morgan fingerprint density at radius 2 is 1.84 bits per heavy atom. The van der Waals surface area contributed by atoms with Crippen LogP contribution in [0.2, 0.25) is 0 Å². The molecular formula is C22H19N3O5S. The Labute approximate surface area is 183 Å². The number of carbonyl (C=O) groups is 2. The molecule has 1 aliphatic rings. The van der Waals surface area contributed by atoms with Crippen LogP contribution in [0.5, 0.6) is 0 Å². The lowest BCUT2D eigenvalue weighted by Crippen LogP contribution is -2.29. The Morgan fingerprint density at radius 3 is 2.42 bits per heavy atom. The van der Waals surface area contributed by atoms with Gasteiger partial charge in [0.2, 0.25) is 0 Å². The van der Waals surface area contributed by atoms with Crippen molar-refractivity contribution < 1.29 is 24.2 Å². The quantitative estimate of drug-likeness (QED) is 0.496. The number of rotatable bonds is 6. The van der Waals surface area contributed by atoms with Gasteiger partial charge in [-0.25, -0.2) is 9.59 Å². The highest BCUT2D eigenvalue weighted by Crippen LogP contribution is 2.40. The zero-order valence-corrected chi connectivity index (χ0v) is 17.3. The van der Waals surface area contributed by atoms with E-state index in [0.29, 0.717) is 28.7 Å². The molecular weight excluding hydrogens is 418 g/mol. The SMILES string of the molecule is CCN1C(=S)N[C@@H](c2ccccn2)[C@@H]1c1ccc(-c2cc(C(=O)O)cc(C(=O)O)c2)o1. The van der Waals surface area contributed by atoms with Gasteiger partial charge >= 0.3 is 11.9 Å². The van der Waals surface area contributed by atoms with E-state index in [4.69, 9.17) is 16.6 Å². The number of likely N-dealkylation sites (N-methyl/N-ethyl adjacent to an activating group) is 1. The average molecular weight is 437 g/mol. The zero-order chi connectivity index (χ0) is 22.1. The van der Waals surface area contributed by atoms with Crippen LogP contribution >= 0.6 is 12.2 Å². The van der Waals surface area contributed by atoms with Crippen molar-refractivity contribution in [2.45, 2.75) is 19.0 Å². The van der Waals surface area contributed by atoms with E-state index in [0.717, 1.165) is 11.8 Å². The van der Waals surface area contributed by atoms with Gasteiger partial charge in [0.05, 0.1) is 22.9 Å². The Balaban J connectivity index is 1.76. The van der Waals surface area contributed by atoms with E-state index in [9.17, 15) is 19.8 Å². The highest BCUT2D eigenvalue weighted by atomic mass is 32.1. The summed E-state index contributed by atoms with van der Waals surface area (Å²) < 4.78 is 6.10. The smallest absolute Gasteiger partial charge is 0.335 e. The molecule has 1 aromatic carbocycles. The molecule has 3 aromatic rings. The Bertz CT molecular complexity index is 1130. The van der Waals surface area contributed by atoms with Gasteiger partial charge in [-0.15, -0.1) is 0 Å². The number of hydrogen-bond acceptors (Lipinski definition) is 5. The molecule has 158 valence electrons. The minimum atomic E-state index is -1.21. The van der Waals surface area contributed by atoms with E-state index in [-0.39, 0.29) is 23.2 Å². The monoisotopic (exact) mass is 437 g/mol. The number of aromatic nitrogens is 1. The van der Waals surface area contributed by atoms with Crippen LogP contribution in [0.25, 0.3) is 11.3 Å². The second kappa shape index (κ2) is 8.19. The van der Waals surface area contributed by atoms with Crippen LogP contribution in [-0.2, 0) is 0 Å². The van der Waals surface area contributed by atoms with Gasteiger partial charge in [0.15, 0.2) is 5.11 Å². The van der Waals surface area contributed by atoms with Gasteiger partial charge < -0.3 is 24.8 Å². The molecule has 2 aromatic heterocycles. The minimum Gasteiger partial charge on any atom is -0.478 e. The van der Waals surface area contributed by atoms with E-state index in [1.807, 2.05) is 30.0 Å². The first-order chi connectivity index (χ1) is 14.9. The number of carboxylic acid groups (broad SMARTS) is 2. The van der Waals surface area contributed by atoms with Crippen LogP contribution in [0.4, 0.5) is 0 Å². The fourth-order valence-electron chi connectivity index (χ4n) is 3.74. The Hall–Kier alpha value is -3.72. The van der Waals surface area contributed by atoms with Crippen molar-refractivity contribution in [3.05, 3.63) is 77.3 Å². The van der Waals surface area contributed by atoms with E-state index < -0.39 is 11.9 Å². The second-order valence-corrected chi connectivity index (χ2v) is 7.41. The molecule has 1 fully saturated rings. The molecule has 31 heavy (non-hydrogen) atoms. The number of thiocarbonyl (C=S) groups is 1. The summed E-state index contributed by atoms with van der Waals surface area (Å²) in [4.78, 5) is 29.3. The summed E-state index contributed by atoms with van der Waals surface area (Å²) >= 11 is 5.50.